The number of benzene rings is 1. The Balaban J connectivity index is 2.74. The SMILES string of the molecule is C=CC(=O)OCCC(CCOc1ccccc1)(CC(=O)O)C(=O)O. The Kier molecular flexibility index (Phi) is 7.48. The number of carboxylic acid groups (broad SMARTS) is 2. The van der Waals surface area contributed by atoms with Crippen molar-refractivity contribution in [1.29, 1.82) is 0 Å². The van der Waals surface area contributed by atoms with Crippen LogP contribution in [0, 0.1) is 5.41 Å². The zero-order valence-corrected chi connectivity index (χ0v) is 13.1. The van der Waals surface area contributed by atoms with Crippen molar-refractivity contribution in [3.8, 4) is 5.75 Å². The standard InChI is InChI=1S/C17H20O7/c1-2-15(20)24-11-9-17(16(21)22,12-14(18)19)8-10-23-13-6-4-3-5-7-13/h2-7H,1,8-12H2,(H,18,19)(H,21,22). The smallest absolute Gasteiger partial charge is 0.330 e. The normalized spacial score (nSPS) is 12.7. The molecule has 1 unspecified atom stereocenters. The molecule has 130 valence electrons. The lowest BCUT2D eigenvalue weighted by Crippen LogP contribution is -2.36. The van der Waals surface area contributed by atoms with Crippen LogP contribution in [0.25, 0.3) is 0 Å². The van der Waals surface area contributed by atoms with Crippen LogP contribution in [0.3, 0.4) is 0 Å². The Hall–Kier alpha value is -2.83. The topological polar surface area (TPSA) is 110 Å². The maximum Gasteiger partial charge on any atom is 0.330 e. The van der Waals surface area contributed by atoms with E-state index in [2.05, 4.69) is 6.58 Å². The number of hydrogen-bond acceptors (Lipinski definition) is 5. The molecular formula is C17H20O7. The fourth-order valence-electron chi connectivity index (χ4n) is 2.17. The molecule has 0 amide bonds. The summed E-state index contributed by atoms with van der Waals surface area (Å²) in [6, 6.07) is 8.78. The maximum absolute atomic E-state index is 11.7. The van der Waals surface area contributed by atoms with E-state index in [-0.39, 0.29) is 26.1 Å². The lowest BCUT2D eigenvalue weighted by molar-refractivity contribution is -0.159. The maximum atomic E-state index is 11.7. The van der Waals surface area contributed by atoms with E-state index >= 15 is 0 Å². The fraction of sp³-hybridized carbons (Fsp3) is 0.353. The molecule has 0 radical (unpaired) electrons. The molecule has 0 spiro atoms. The zero-order chi connectivity index (χ0) is 18.0. The number of esters is 1. The first-order valence-corrected chi connectivity index (χ1v) is 7.32. The van der Waals surface area contributed by atoms with Crippen molar-refractivity contribution in [3.05, 3.63) is 43.0 Å². The summed E-state index contributed by atoms with van der Waals surface area (Å²) < 4.78 is 10.3. The summed E-state index contributed by atoms with van der Waals surface area (Å²) in [7, 11) is 0. The van der Waals surface area contributed by atoms with E-state index in [1.54, 1.807) is 24.3 Å². The van der Waals surface area contributed by atoms with E-state index in [4.69, 9.17) is 14.6 Å². The van der Waals surface area contributed by atoms with Crippen LogP contribution < -0.4 is 4.74 Å². The molecule has 0 aliphatic rings. The van der Waals surface area contributed by atoms with Gasteiger partial charge in [-0.05, 0) is 25.0 Å². The predicted octanol–water partition coefficient (Wildman–Crippen LogP) is 2.12. The lowest BCUT2D eigenvalue weighted by atomic mass is 9.78. The highest BCUT2D eigenvalue weighted by molar-refractivity contribution is 5.82. The summed E-state index contributed by atoms with van der Waals surface area (Å²) >= 11 is 0. The number of carboxylic acids is 2. The average Bonchev–Trinajstić information content (AvgIpc) is 2.54. The number of rotatable bonds is 11. The third-order valence-electron chi connectivity index (χ3n) is 3.53. The highest BCUT2D eigenvalue weighted by Gasteiger charge is 2.40. The van der Waals surface area contributed by atoms with Crippen LogP contribution in [0.2, 0.25) is 0 Å². The predicted molar refractivity (Wildman–Crippen MR) is 84.6 cm³/mol. The second kappa shape index (κ2) is 9.34. The molecule has 7 heteroatoms. The molecule has 1 rings (SSSR count). The first-order valence-electron chi connectivity index (χ1n) is 7.32. The summed E-state index contributed by atoms with van der Waals surface area (Å²) in [5, 5.41) is 18.6. The van der Waals surface area contributed by atoms with Gasteiger partial charge in [-0.3, -0.25) is 9.59 Å². The molecule has 7 nitrogen and oxygen atoms in total. The first kappa shape index (κ1) is 19.2. The molecule has 0 aliphatic heterocycles. The van der Waals surface area contributed by atoms with Gasteiger partial charge in [0.2, 0.25) is 0 Å². The van der Waals surface area contributed by atoms with Gasteiger partial charge in [-0.15, -0.1) is 0 Å². The Morgan fingerprint density at radius 2 is 1.71 bits per heavy atom. The molecule has 1 aromatic rings. The van der Waals surface area contributed by atoms with Gasteiger partial charge in [0, 0.05) is 6.08 Å². The van der Waals surface area contributed by atoms with Crippen LogP contribution in [-0.4, -0.2) is 41.3 Å². The van der Waals surface area contributed by atoms with E-state index in [0.29, 0.717) is 5.75 Å². The highest BCUT2D eigenvalue weighted by atomic mass is 16.5. The summed E-state index contributed by atoms with van der Waals surface area (Å²) in [5.41, 5.74) is -1.58. The number of hydrogen-bond donors (Lipinski definition) is 2. The van der Waals surface area contributed by atoms with Crippen molar-refractivity contribution in [2.45, 2.75) is 19.3 Å². The number of ether oxygens (including phenoxy) is 2. The summed E-state index contributed by atoms with van der Waals surface area (Å²) in [5.74, 6) is -2.64. The second-order valence-corrected chi connectivity index (χ2v) is 5.19. The fourth-order valence-corrected chi connectivity index (χ4v) is 2.17. The van der Waals surface area contributed by atoms with Crippen LogP contribution in [-0.2, 0) is 19.1 Å². The van der Waals surface area contributed by atoms with Gasteiger partial charge < -0.3 is 19.7 Å². The van der Waals surface area contributed by atoms with Gasteiger partial charge in [0.15, 0.2) is 0 Å². The monoisotopic (exact) mass is 336 g/mol. The molecule has 1 aromatic carbocycles. The molecule has 0 aliphatic carbocycles. The molecule has 0 saturated heterocycles. The Morgan fingerprint density at radius 3 is 2.25 bits per heavy atom. The van der Waals surface area contributed by atoms with Crippen molar-refractivity contribution in [2.24, 2.45) is 5.41 Å². The summed E-state index contributed by atoms with van der Waals surface area (Å²) in [4.78, 5) is 33.8. The summed E-state index contributed by atoms with van der Waals surface area (Å²) in [6.45, 7) is 3.05. The first-order chi connectivity index (χ1) is 11.4. The highest BCUT2D eigenvalue weighted by Crippen LogP contribution is 2.32. The van der Waals surface area contributed by atoms with Crippen molar-refractivity contribution < 1.29 is 34.1 Å². The third kappa shape index (κ3) is 6.12. The molecule has 0 bridgehead atoms. The van der Waals surface area contributed by atoms with Gasteiger partial charge in [0.1, 0.15) is 5.75 Å². The van der Waals surface area contributed by atoms with E-state index in [9.17, 15) is 19.5 Å². The number of carbonyl (C=O) groups is 3. The lowest BCUT2D eigenvalue weighted by Gasteiger charge is -2.27. The van der Waals surface area contributed by atoms with E-state index in [1.807, 2.05) is 6.07 Å². The van der Waals surface area contributed by atoms with Gasteiger partial charge in [0.05, 0.1) is 25.0 Å². The number of carbonyl (C=O) groups excluding carboxylic acids is 1. The van der Waals surface area contributed by atoms with Gasteiger partial charge >= 0.3 is 17.9 Å². The Morgan fingerprint density at radius 1 is 1.08 bits per heavy atom. The average molecular weight is 336 g/mol. The van der Waals surface area contributed by atoms with Crippen LogP contribution in [0.1, 0.15) is 19.3 Å². The quantitative estimate of drug-likeness (QED) is 0.470. The minimum atomic E-state index is -1.58. The van der Waals surface area contributed by atoms with Crippen molar-refractivity contribution in [1.82, 2.24) is 0 Å². The zero-order valence-electron chi connectivity index (χ0n) is 13.1. The van der Waals surface area contributed by atoms with E-state index in [1.165, 1.54) is 0 Å². The molecule has 1 atom stereocenters. The summed E-state index contributed by atoms with van der Waals surface area (Å²) in [6.07, 6.45) is 0.200. The van der Waals surface area contributed by atoms with Gasteiger partial charge in [-0.1, -0.05) is 24.8 Å². The minimum Gasteiger partial charge on any atom is -0.494 e. The van der Waals surface area contributed by atoms with Crippen LogP contribution >= 0.6 is 0 Å². The molecule has 0 saturated carbocycles. The van der Waals surface area contributed by atoms with Crippen LogP contribution in [0.4, 0.5) is 0 Å². The molecule has 0 heterocycles. The van der Waals surface area contributed by atoms with Crippen LogP contribution in [0.15, 0.2) is 43.0 Å². The van der Waals surface area contributed by atoms with Gasteiger partial charge in [-0.2, -0.15) is 0 Å². The van der Waals surface area contributed by atoms with Crippen LogP contribution in [0.5, 0.6) is 5.75 Å². The van der Waals surface area contributed by atoms with E-state index in [0.717, 1.165) is 6.08 Å². The number of aliphatic carboxylic acids is 2. The number of para-hydroxylation sites is 1. The Labute approximate surface area is 139 Å². The van der Waals surface area contributed by atoms with Crippen molar-refractivity contribution in [3.63, 3.8) is 0 Å². The molecule has 24 heavy (non-hydrogen) atoms. The molecule has 2 N–H and O–H groups in total. The van der Waals surface area contributed by atoms with Crippen molar-refractivity contribution in [2.75, 3.05) is 13.2 Å². The molecule has 0 aromatic heterocycles. The molecule has 0 fully saturated rings. The van der Waals surface area contributed by atoms with Gasteiger partial charge in [-0.25, -0.2) is 4.79 Å². The minimum absolute atomic E-state index is 0.0268. The Bertz CT molecular complexity index is 582. The van der Waals surface area contributed by atoms with E-state index < -0.39 is 29.7 Å². The van der Waals surface area contributed by atoms with Gasteiger partial charge in [0.25, 0.3) is 0 Å². The van der Waals surface area contributed by atoms with Crippen molar-refractivity contribution >= 4 is 17.9 Å². The second-order valence-electron chi connectivity index (χ2n) is 5.19. The largest absolute Gasteiger partial charge is 0.494 e. The third-order valence-corrected chi connectivity index (χ3v) is 3.53. The molecular weight excluding hydrogens is 316 g/mol.